The third kappa shape index (κ3) is 3.31. The van der Waals surface area contributed by atoms with E-state index >= 15 is 0 Å². The van der Waals surface area contributed by atoms with Crippen LogP contribution in [0.1, 0.15) is 31.2 Å². The molecule has 1 fully saturated rings. The molecule has 0 saturated carbocycles. The third-order valence-electron chi connectivity index (χ3n) is 5.21. The van der Waals surface area contributed by atoms with Crippen molar-refractivity contribution >= 4 is 22.9 Å². The lowest BCUT2D eigenvalue weighted by Gasteiger charge is -2.37. The first-order valence-electron chi connectivity index (χ1n) is 9.29. The highest BCUT2D eigenvalue weighted by molar-refractivity contribution is 6.30. The van der Waals surface area contributed by atoms with Gasteiger partial charge in [-0.15, -0.1) is 0 Å². The summed E-state index contributed by atoms with van der Waals surface area (Å²) in [5.41, 5.74) is 4.33. The summed E-state index contributed by atoms with van der Waals surface area (Å²) >= 11 is 6.02. The van der Waals surface area contributed by atoms with Gasteiger partial charge in [0.2, 0.25) is 0 Å². The molecule has 1 aliphatic rings. The fraction of sp³-hybridized carbons (Fsp3) is 0.381. The summed E-state index contributed by atoms with van der Waals surface area (Å²) in [6.45, 7) is 3.37. The molecule has 0 bridgehead atoms. The zero-order valence-corrected chi connectivity index (χ0v) is 15.8. The third-order valence-corrected chi connectivity index (χ3v) is 5.46. The van der Waals surface area contributed by atoms with Crippen LogP contribution in [0.25, 0.3) is 16.8 Å². The second kappa shape index (κ2) is 7.29. The first-order chi connectivity index (χ1) is 12.7. The Kier molecular flexibility index (Phi) is 4.88. The number of aliphatic hydroxyl groups excluding tert-OH is 1. The van der Waals surface area contributed by atoms with Crippen LogP contribution in [-0.4, -0.2) is 33.9 Å². The number of anilines is 1. The molecule has 1 saturated heterocycles. The van der Waals surface area contributed by atoms with Gasteiger partial charge in [-0.3, -0.25) is 0 Å². The Morgan fingerprint density at radius 1 is 1.15 bits per heavy atom. The quantitative estimate of drug-likeness (QED) is 0.724. The Labute approximate surface area is 159 Å². The number of pyridine rings is 1. The van der Waals surface area contributed by atoms with Gasteiger partial charge in [0, 0.05) is 29.8 Å². The number of aryl methyl sites for hydroxylation is 1. The fourth-order valence-electron chi connectivity index (χ4n) is 3.94. The van der Waals surface area contributed by atoms with Gasteiger partial charge in [0.1, 0.15) is 5.82 Å². The molecule has 1 unspecified atom stereocenters. The highest BCUT2D eigenvalue weighted by Gasteiger charge is 2.24. The normalized spacial score (nSPS) is 17.8. The molecule has 136 valence electrons. The van der Waals surface area contributed by atoms with E-state index in [-0.39, 0.29) is 6.61 Å². The molecule has 26 heavy (non-hydrogen) atoms. The standard InChI is InChI=1S/C21H24ClN3O/c1-15-12-19-14-20(16-5-7-17(22)8-6-16)23-25(19)21(13-15)24-10-3-2-4-18(24)9-11-26/h5-8,12-14,18,26H,2-4,9-11H2,1H3. The molecular weight excluding hydrogens is 346 g/mol. The van der Waals surface area contributed by atoms with Crippen molar-refractivity contribution in [2.45, 2.75) is 38.6 Å². The van der Waals surface area contributed by atoms with Gasteiger partial charge in [-0.05, 0) is 68.5 Å². The Hall–Kier alpha value is -2.04. The van der Waals surface area contributed by atoms with Crippen LogP contribution >= 0.6 is 11.6 Å². The van der Waals surface area contributed by atoms with E-state index in [2.05, 4.69) is 30.0 Å². The van der Waals surface area contributed by atoms with Crippen molar-refractivity contribution in [2.24, 2.45) is 0 Å². The number of aliphatic hydroxyl groups is 1. The van der Waals surface area contributed by atoms with Crippen molar-refractivity contribution in [2.75, 3.05) is 18.1 Å². The van der Waals surface area contributed by atoms with Crippen LogP contribution in [0.15, 0.2) is 42.5 Å². The topological polar surface area (TPSA) is 40.8 Å². The maximum atomic E-state index is 9.47. The van der Waals surface area contributed by atoms with Crippen LogP contribution in [0.2, 0.25) is 5.02 Å². The zero-order valence-electron chi connectivity index (χ0n) is 15.0. The van der Waals surface area contributed by atoms with Gasteiger partial charge in [-0.1, -0.05) is 23.7 Å². The molecule has 5 heteroatoms. The SMILES string of the molecule is Cc1cc(N2CCCCC2CCO)n2nc(-c3ccc(Cl)cc3)cc2c1. The predicted octanol–water partition coefficient (Wildman–Crippen LogP) is 4.70. The maximum absolute atomic E-state index is 9.47. The molecular formula is C21H24ClN3O. The molecule has 1 aromatic carbocycles. The van der Waals surface area contributed by atoms with Crippen LogP contribution in [0.5, 0.6) is 0 Å². The number of benzene rings is 1. The molecule has 4 rings (SSSR count). The molecule has 0 radical (unpaired) electrons. The first kappa shape index (κ1) is 17.4. The monoisotopic (exact) mass is 369 g/mol. The van der Waals surface area contributed by atoms with Gasteiger partial charge in [0.15, 0.2) is 0 Å². The van der Waals surface area contributed by atoms with E-state index in [1.165, 1.54) is 18.4 Å². The molecule has 0 amide bonds. The summed E-state index contributed by atoms with van der Waals surface area (Å²) < 4.78 is 2.05. The minimum absolute atomic E-state index is 0.227. The summed E-state index contributed by atoms with van der Waals surface area (Å²) in [6.07, 6.45) is 4.34. The Morgan fingerprint density at radius 2 is 1.96 bits per heavy atom. The lowest BCUT2D eigenvalue weighted by Crippen LogP contribution is -2.41. The number of aromatic nitrogens is 2. The summed E-state index contributed by atoms with van der Waals surface area (Å²) in [5.74, 6) is 1.12. The van der Waals surface area contributed by atoms with E-state index in [0.717, 1.165) is 47.0 Å². The van der Waals surface area contributed by atoms with Crippen molar-refractivity contribution in [1.82, 2.24) is 9.61 Å². The summed E-state index contributed by atoms with van der Waals surface area (Å²) in [5, 5.41) is 15.1. The molecule has 2 aromatic heterocycles. The highest BCUT2D eigenvalue weighted by atomic mass is 35.5. The molecule has 1 aliphatic heterocycles. The average molecular weight is 370 g/mol. The number of rotatable bonds is 4. The second-order valence-electron chi connectivity index (χ2n) is 7.12. The molecule has 1 N–H and O–H groups in total. The largest absolute Gasteiger partial charge is 0.396 e. The number of halogens is 1. The molecule has 0 spiro atoms. The summed E-state index contributed by atoms with van der Waals surface area (Å²) in [7, 11) is 0. The maximum Gasteiger partial charge on any atom is 0.131 e. The highest BCUT2D eigenvalue weighted by Crippen LogP contribution is 2.30. The molecule has 3 heterocycles. The van der Waals surface area contributed by atoms with Crippen LogP contribution in [0.4, 0.5) is 5.82 Å². The number of hydrogen-bond acceptors (Lipinski definition) is 3. The number of fused-ring (bicyclic) bond motifs is 1. The van der Waals surface area contributed by atoms with Crippen molar-refractivity contribution in [1.29, 1.82) is 0 Å². The fourth-order valence-corrected chi connectivity index (χ4v) is 4.07. The van der Waals surface area contributed by atoms with E-state index in [9.17, 15) is 5.11 Å². The van der Waals surface area contributed by atoms with Crippen LogP contribution in [-0.2, 0) is 0 Å². The minimum Gasteiger partial charge on any atom is -0.396 e. The smallest absolute Gasteiger partial charge is 0.131 e. The molecule has 0 aliphatic carbocycles. The van der Waals surface area contributed by atoms with Crippen LogP contribution in [0, 0.1) is 6.92 Å². The Bertz CT molecular complexity index is 902. The number of nitrogens with zero attached hydrogens (tertiary/aromatic N) is 3. The van der Waals surface area contributed by atoms with Crippen molar-refractivity contribution in [3.8, 4) is 11.3 Å². The van der Waals surface area contributed by atoms with Gasteiger partial charge < -0.3 is 10.0 Å². The van der Waals surface area contributed by atoms with E-state index in [0.29, 0.717) is 6.04 Å². The van der Waals surface area contributed by atoms with E-state index in [4.69, 9.17) is 16.7 Å². The number of hydrogen-bond donors (Lipinski definition) is 1. The van der Waals surface area contributed by atoms with Gasteiger partial charge in [-0.25, -0.2) is 4.52 Å². The minimum atomic E-state index is 0.227. The first-order valence-corrected chi connectivity index (χ1v) is 9.67. The van der Waals surface area contributed by atoms with Gasteiger partial charge in [-0.2, -0.15) is 5.10 Å². The molecule has 1 atom stereocenters. The predicted molar refractivity (Wildman–Crippen MR) is 107 cm³/mol. The van der Waals surface area contributed by atoms with Gasteiger partial charge >= 0.3 is 0 Å². The van der Waals surface area contributed by atoms with Gasteiger partial charge in [0.05, 0.1) is 11.2 Å². The molecule has 3 aromatic rings. The van der Waals surface area contributed by atoms with Gasteiger partial charge in [0.25, 0.3) is 0 Å². The Morgan fingerprint density at radius 3 is 2.73 bits per heavy atom. The summed E-state index contributed by atoms with van der Waals surface area (Å²) in [6, 6.07) is 14.7. The van der Waals surface area contributed by atoms with Crippen molar-refractivity contribution < 1.29 is 5.11 Å². The van der Waals surface area contributed by atoms with Crippen molar-refractivity contribution in [3.05, 3.63) is 53.1 Å². The zero-order chi connectivity index (χ0) is 18.1. The van der Waals surface area contributed by atoms with E-state index in [1.54, 1.807) is 0 Å². The Balaban J connectivity index is 1.80. The second-order valence-corrected chi connectivity index (χ2v) is 7.56. The van der Waals surface area contributed by atoms with Crippen LogP contribution < -0.4 is 4.90 Å². The van der Waals surface area contributed by atoms with Crippen molar-refractivity contribution in [3.63, 3.8) is 0 Å². The summed E-state index contributed by atoms with van der Waals surface area (Å²) in [4.78, 5) is 2.43. The average Bonchev–Trinajstić information content (AvgIpc) is 3.06. The van der Waals surface area contributed by atoms with E-state index in [1.807, 2.05) is 28.8 Å². The van der Waals surface area contributed by atoms with Crippen LogP contribution in [0.3, 0.4) is 0 Å². The molecule has 4 nitrogen and oxygen atoms in total. The lowest BCUT2D eigenvalue weighted by atomic mass is 9.99. The number of piperidine rings is 1. The van der Waals surface area contributed by atoms with E-state index < -0.39 is 0 Å². The lowest BCUT2D eigenvalue weighted by molar-refractivity contribution is 0.262.